The maximum absolute atomic E-state index is 10.8. The second kappa shape index (κ2) is 4.18. The van der Waals surface area contributed by atoms with Crippen LogP contribution in [0.3, 0.4) is 0 Å². The molecule has 1 unspecified atom stereocenters. The number of nitrogens with two attached hydrogens (primary N) is 1. The third kappa shape index (κ3) is 2.99. The molecule has 13 heavy (non-hydrogen) atoms. The van der Waals surface area contributed by atoms with Crippen molar-refractivity contribution >= 4 is 11.8 Å². The van der Waals surface area contributed by atoms with E-state index in [9.17, 15) is 9.59 Å². The van der Waals surface area contributed by atoms with Crippen molar-refractivity contribution < 1.29 is 14.7 Å². The molecule has 1 aliphatic carbocycles. The van der Waals surface area contributed by atoms with Gasteiger partial charge in [-0.3, -0.25) is 9.59 Å². The summed E-state index contributed by atoms with van der Waals surface area (Å²) in [6.07, 6.45) is 3.79. The lowest BCUT2D eigenvalue weighted by atomic mass is 9.94. The Bertz CT molecular complexity index is 258. The molecule has 4 nitrogen and oxygen atoms in total. The average molecular weight is 183 g/mol. The molecule has 0 saturated heterocycles. The highest BCUT2D eigenvalue weighted by Crippen LogP contribution is 2.18. The molecule has 1 aliphatic rings. The predicted octanol–water partition coefficient (Wildman–Crippen LogP) is 0.468. The van der Waals surface area contributed by atoms with E-state index in [0.717, 1.165) is 5.57 Å². The molecule has 0 amide bonds. The highest BCUT2D eigenvalue weighted by molar-refractivity contribution is 5.81. The monoisotopic (exact) mass is 183 g/mol. The molecule has 72 valence electrons. The number of Topliss-reactive ketones (excluding diaryl/α,β-unsaturated/α-hetero) is 1. The Morgan fingerprint density at radius 2 is 2.31 bits per heavy atom. The van der Waals surface area contributed by atoms with Crippen LogP contribution < -0.4 is 5.73 Å². The van der Waals surface area contributed by atoms with E-state index in [0.29, 0.717) is 25.7 Å². The van der Waals surface area contributed by atoms with E-state index in [1.165, 1.54) is 0 Å². The maximum atomic E-state index is 10.8. The molecule has 0 aliphatic heterocycles. The van der Waals surface area contributed by atoms with Crippen LogP contribution in [-0.4, -0.2) is 22.9 Å². The van der Waals surface area contributed by atoms with E-state index in [1.807, 2.05) is 0 Å². The van der Waals surface area contributed by atoms with Gasteiger partial charge in [-0.15, -0.1) is 0 Å². The third-order valence-electron chi connectivity index (χ3n) is 2.14. The van der Waals surface area contributed by atoms with Crippen molar-refractivity contribution in [3.8, 4) is 0 Å². The Labute approximate surface area is 76.4 Å². The second-order valence-corrected chi connectivity index (χ2v) is 3.25. The van der Waals surface area contributed by atoms with Gasteiger partial charge in [0.25, 0.3) is 0 Å². The Balaban J connectivity index is 2.46. The zero-order chi connectivity index (χ0) is 9.84. The van der Waals surface area contributed by atoms with E-state index in [4.69, 9.17) is 10.8 Å². The number of ketones is 1. The maximum Gasteiger partial charge on any atom is 0.320 e. The van der Waals surface area contributed by atoms with Crippen molar-refractivity contribution in [2.45, 2.75) is 31.7 Å². The molecule has 0 bridgehead atoms. The lowest BCUT2D eigenvalue weighted by Crippen LogP contribution is -2.30. The average Bonchev–Trinajstić information content (AvgIpc) is 2.08. The number of carbonyl (C=O) groups excluding carboxylic acids is 1. The van der Waals surface area contributed by atoms with Gasteiger partial charge in [-0.05, 0) is 12.8 Å². The second-order valence-electron chi connectivity index (χ2n) is 3.25. The van der Waals surface area contributed by atoms with Crippen LogP contribution in [0.25, 0.3) is 0 Å². The van der Waals surface area contributed by atoms with E-state index in [-0.39, 0.29) is 5.78 Å². The molecule has 0 radical (unpaired) electrons. The number of allylic oxidation sites excluding steroid dienone is 1. The molecular weight excluding hydrogens is 170 g/mol. The normalized spacial score (nSPS) is 19.5. The fourth-order valence-electron chi connectivity index (χ4n) is 1.32. The van der Waals surface area contributed by atoms with Gasteiger partial charge in [0.15, 0.2) is 0 Å². The van der Waals surface area contributed by atoms with Gasteiger partial charge in [0.2, 0.25) is 0 Å². The molecule has 0 aromatic heterocycles. The minimum absolute atomic E-state index is 0.215. The van der Waals surface area contributed by atoms with Crippen LogP contribution in [0.2, 0.25) is 0 Å². The van der Waals surface area contributed by atoms with E-state index >= 15 is 0 Å². The summed E-state index contributed by atoms with van der Waals surface area (Å²) in [6.45, 7) is 0. The molecule has 3 N–H and O–H groups in total. The molecule has 0 fully saturated rings. The Morgan fingerprint density at radius 1 is 1.62 bits per heavy atom. The van der Waals surface area contributed by atoms with Crippen LogP contribution in [0.4, 0.5) is 0 Å². The first-order valence-corrected chi connectivity index (χ1v) is 4.27. The number of hydrogen-bond acceptors (Lipinski definition) is 3. The largest absolute Gasteiger partial charge is 0.480 e. The van der Waals surface area contributed by atoms with Crippen molar-refractivity contribution in [2.75, 3.05) is 0 Å². The van der Waals surface area contributed by atoms with Gasteiger partial charge in [-0.1, -0.05) is 11.6 Å². The summed E-state index contributed by atoms with van der Waals surface area (Å²) in [5, 5.41) is 8.55. The molecular formula is C9H13NO3. The van der Waals surface area contributed by atoms with Crippen LogP contribution >= 0.6 is 0 Å². The van der Waals surface area contributed by atoms with E-state index in [2.05, 4.69) is 0 Å². The summed E-state index contributed by atoms with van der Waals surface area (Å²) in [5.74, 6) is -0.773. The quantitative estimate of drug-likeness (QED) is 0.623. The van der Waals surface area contributed by atoms with Gasteiger partial charge in [-0.2, -0.15) is 0 Å². The first-order chi connectivity index (χ1) is 6.09. The predicted molar refractivity (Wildman–Crippen MR) is 47.2 cm³/mol. The van der Waals surface area contributed by atoms with Crippen LogP contribution in [0, 0.1) is 0 Å². The summed E-state index contributed by atoms with van der Waals surface area (Å²) >= 11 is 0. The van der Waals surface area contributed by atoms with Crippen molar-refractivity contribution in [3.05, 3.63) is 11.6 Å². The summed E-state index contributed by atoms with van der Waals surface area (Å²) in [6, 6.07) is -0.834. The van der Waals surface area contributed by atoms with Crippen molar-refractivity contribution in [1.29, 1.82) is 0 Å². The minimum atomic E-state index is -0.988. The summed E-state index contributed by atoms with van der Waals surface area (Å²) in [5.41, 5.74) is 6.35. The van der Waals surface area contributed by atoms with Crippen LogP contribution in [0.1, 0.15) is 25.7 Å². The fraction of sp³-hybridized carbons (Fsp3) is 0.556. The van der Waals surface area contributed by atoms with Crippen LogP contribution in [-0.2, 0) is 9.59 Å². The Hall–Kier alpha value is -1.16. The molecule has 0 saturated carbocycles. The molecule has 0 aromatic rings. The number of rotatable bonds is 3. The van der Waals surface area contributed by atoms with Gasteiger partial charge in [0.05, 0.1) is 0 Å². The highest BCUT2D eigenvalue weighted by Gasteiger charge is 2.16. The number of carboxylic acids is 1. The summed E-state index contributed by atoms with van der Waals surface area (Å²) in [4.78, 5) is 21.3. The topological polar surface area (TPSA) is 80.4 Å². The van der Waals surface area contributed by atoms with Gasteiger partial charge < -0.3 is 10.8 Å². The molecule has 4 heteroatoms. The molecule has 0 aromatic carbocycles. The first kappa shape index (κ1) is 9.92. The van der Waals surface area contributed by atoms with Crippen molar-refractivity contribution in [1.82, 2.24) is 0 Å². The van der Waals surface area contributed by atoms with Crippen molar-refractivity contribution in [3.63, 3.8) is 0 Å². The van der Waals surface area contributed by atoms with Gasteiger partial charge in [0, 0.05) is 12.8 Å². The summed E-state index contributed by atoms with van der Waals surface area (Å²) in [7, 11) is 0. The number of aliphatic carboxylic acids is 1. The first-order valence-electron chi connectivity index (χ1n) is 4.27. The molecule has 0 heterocycles. The van der Waals surface area contributed by atoms with E-state index in [1.54, 1.807) is 6.08 Å². The SMILES string of the molecule is NC(CC1=CCC(=O)CC1)C(=O)O. The number of carboxylic acid groups (broad SMARTS) is 1. The fourth-order valence-corrected chi connectivity index (χ4v) is 1.32. The lowest BCUT2D eigenvalue weighted by molar-refractivity contribution is -0.138. The number of hydrogen-bond donors (Lipinski definition) is 2. The highest BCUT2D eigenvalue weighted by atomic mass is 16.4. The molecule has 0 spiro atoms. The third-order valence-corrected chi connectivity index (χ3v) is 2.14. The zero-order valence-electron chi connectivity index (χ0n) is 7.32. The smallest absolute Gasteiger partial charge is 0.320 e. The Kier molecular flexibility index (Phi) is 3.19. The van der Waals surface area contributed by atoms with E-state index < -0.39 is 12.0 Å². The molecule has 1 rings (SSSR count). The van der Waals surface area contributed by atoms with Gasteiger partial charge in [0.1, 0.15) is 11.8 Å². The van der Waals surface area contributed by atoms with Crippen LogP contribution in [0.15, 0.2) is 11.6 Å². The Morgan fingerprint density at radius 3 is 2.77 bits per heavy atom. The standard InChI is InChI=1S/C9H13NO3/c10-8(9(12)13)5-6-1-3-7(11)4-2-6/h1,8H,2-5,10H2,(H,12,13). The van der Waals surface area contributed by atoms with Gasteiger partial charge in [-0.25, -0.2) is 0 Å². The molecule has 1 atom stereocenters. The zero-order valence-corrected chi connectivity index (χ0v) is 7.32. The minimum Gasteiger partial charge on any atom is -0.480 e. The summed E-state index contributed by atoms with van der Waals surface area (Å²) < 4.78 is 0. The van der Waals surface area contributed by atoms with Crippen LogP contribution in [0.5, 0.6) is 0 Å². The van der Waals surface area contributed by atoms with Crippen molar-refractivity contribution in [2.24, 2.45) is 5.73 Å². The lowest BCUT2D eigenvalue weighted by Gasteiger charge is -2.13. The van der Waals surface area contributed by atoms with Gasteiger partial charge >= 0.3 is 5.97 Å². The number of carbonyl (C=O) groups is 2.